The molecule has 84 valence electrons. The van der Waals surface area contributed by atoms with Gasteiger partial charge in [-0.05, 0) is 27.7 Å². The van der Waals surface area contributed by atoms with Crippen molar-refractivity contribution < 1.29 is 19.1 Å². The minimum absolute atomic E-state index is 0.0472. The number of rotatable bonds is 4. The number of hydrogen-bond acceptors (Lipinski definition) is 2. The Bertz CT molecular complexity index is 238. The first kappa shape index (κ1) is 13.6. The van der Waals surface area contributed by atoms with Crippen LogP contribution in [0.2, 0.25) is 0 Å². The van der Waals surface area contributed by atoms with E-state index in [1.54, 1.807) is 0 Å². The van der Waals surface area contributed by atoms with Gasteiger partial charge in [0.05, 0.1) is 0 Å². The highest BCUT2D eigenvalue weighted by Gasteiger charge is 2.26. The maximum atomic E-state index is 11.5. The molecule has 0 spiro atoms. The molecule has 5 nitrogen and oxygen atoms in total. The van der Waals surface area contributed by atoms with Crippen molar-refractivity contribution in [3.05, 3.63) is 0 Å². The molecule has 0 unspecified atom stereocenters. The Kier molecular flexibility index (Phi) is 4.78. The summed E-state index contributed by atoms with van der Waals surface area (Å²) in [6, 6.07) is -0.0944. The molecule has 0 aliphatic carbocycles. The van der Waals surface area contributed by atoms with Crippen LogP contribution in [0.5, 0.6) is 0 Å². The van der Waals surface area contributed by atoms with Crippen LogP contribution < -0.4 is 0 Å². The predicted octanol–water partition coefficient (Wildman–Crippen LogP) is 0.809. The fraction of sp³-hybridized carbons (Fsp3) is 0.875. The van der Waals surface area contributed by atoms with Gasteiger partial charge in [0.25, 0.3) is 0 Å². The van der Waals surface area contributed by atoms with E-state index < -0.39 is 19.7 Å². The van der Waals surface area contributed by atoms with E-state index in [4.69, 9.17) is 9.79 Å². The molecule has 0 aliphatic heterocycles. The number of carbonyl (C=O) groups is 1. The van der Waals surface area contributed by atoms with Crippen LogP contribution in [0.25, 0.3) is 0 Å². The minimum Gasteiger partial charge on any atom is -0.337 e. The summed E-state index contributed by atoms with van der Waals surface area (Å²) in [7, 11) is -4.25. The Morgan fingerprint density at radius 1 is 1.21 bits per heavy atom. The second-order valence-electron chi connectivity index (χ2n) is 3.81. The van der Waals surface area contributed by atoms with E-state index in [1.165, 1.54) is 4.90 Å². The fourth-order valence-corrected chi connectivity index (χ4v) is 1.95. The smallest absolute Gasteiger partial charge is 0.334 e. The Labute approximate surface area is 84.3 Å². The molecule has 0 saturated heterocycles. The lowest BCUT2D eigenvalue weighted by molar-refractivity contribution is -0.132. The maximum absolute atomic E-state index is 11.5. The quantitative estimate of drug-likeness (QED) is 0.691. The average Bonchev–Trinajstić information content (AvgIpc) is 1.78. The van der Waals surface area contributed by atoms with Crippen LogP contribution in [-0.2, 0) is 9.36 Å². The zero-order valence-corrected chi connectivity index (χ0v) is 9.86. The number of hydrogen-bond donors (Lipinski definition) is 2. The molecule has 0 aromatic heterocycles. The van der Waals surface area contributed by atoms with Gasteiger partial charge in [0.1, 0.15) is 6.16 Å². The third-order valence-corrected chi connectivity index (χ3v) is 2.42. The zero-order chi connectivity index (χ0) is 11.5. The van der Waals surface area contributed by atoms with Crippen molar-refractivity contribution in [1.29, 1.82) is 0 Å². The molecule has 2 N–H and O–H groups in total. The molecule has 0 heterocycles. The second kappa shape index (κ2) is 4.91. The molecular formula is C8H18NO4P. The van der Waals surface area contributed by atoms with Gasteiger partial charge >= 0.3 is 7.60 Å². The van der Waals surface area contributed by atoms with Crippen molar-refractivity contribution in [2.75, 3.05) is 6.16 Å². The molecule has 0 saturated carbocycles. The van der Waals surface area contributed by atoms with Gasteiger partial charge < -0.3 is 14.7 Å². The summed E-state index contributed by atoms with van der Waals surface area (Å²) in [6.07, 6.45) is -0.705. The second-order valence-corrected chi connectivity index (χ2v) is 5.46. The molecule has 0 rings (SSSR count). The summed E-state index contributed by atoms with van der Waals surface area (Å²) in [6.45, 7) is 7.27. The molecule has 0 radical (unpaired) electrons. The molecular weight excluding hydrogens is 205 g/mol. The van der Waals surface area contributed by atoms with Gasteiger partial charge in [0, 0.05) is 12.1 Å². The fourth-order valence-electron chi connectivity index (χ4n) is 1.43. The van der Waals surface area contributed by atoms with Crippen molar-refractivity contribution in [2.45, 2.75) is 39.8 Å². The highest BCUT2D eigenvalue weighted by molar-refractivity contribution is 7.52. The van der Waals surface area contributed by atoms with Gasteiger partial charge in [-0.2, -0.15) is 0 Å². The molecule has 0 atom stereocenters. The third kappa shape index (κ3) is 4.74. The summed E-state index contributed by atoms with van der Waals surface area (Å²) in [4.78, 5) is 30.3. The lowest BCUT2D eigenvalue weighted by atomic mass is 10.2. The molecule has 0 aliphatic rings. The zero-order valence-electron chi connectivity index (χ0n) is 8.97. The van der Waals surface area contributed by atoms with Gasteiger partial charge in [-0.25, -0.2) is 0 Å². The highest BCUT2D eigenvalue weighted by atomic mass is 31.2. The van der Waals surface area contributed by atoms with Crippen molar-refractivity contribution in [2.24, 2.45) is 0 Å². The minimum atomic E-state index is -4.25. The Morgan fingerprint density at radius 3 is 1.79 bits per heavy atom. The third-order valence-electron chi connectivity index (χ3n) is 1.74. The standard InChI is InChI=1S/C8H18NO4P/c1-6(2)9(7(3)4)8(10)5-14(11,12)13/h6-7H,5H2,1-4H3,(H2,11,12,13). The van der Waals surface area contributed by atoms with E-state index in [9.17, 15) is 9.36 Å². The predicted molar refractivity (Wildman–Crippen MR) is 54.0 cm³/mol. The summed E-state index contributed by atoms with van der Waals surface area (Å²) < 4.78 is 10.6. The van der Waals surface area contributed by atoms with Crippen molar-refractivity contribution >= 4 is 13.5 Å². The highest BCUT2D eigenvalue weighted by Crippen LogP contribution is 2.34. The summed E-state index contributed by atoms with van der Waals surface area (Å²) in [5.41, 5.74) is 0. The lowest BCUT2D eigenvalue weighted by Gasteiger charge is -2.30. The molecule has 0 fully saturated rings. The monoisotopic (exact) mass is 223 g/mol. The van der Waals surface area contributed by atoms with Crippen LogP contribution in [0.15, 0.2) is 0 Å². The van der Waals surface area contributed by atoms with E-state index in [2.05, 4.69) is 0 Å². The molecule has 0 aromatic carbocycles. The van der Waals surface area contributed by atoms with Crippen LogP contribution in [-0.4, -0.2) is 38.8 Å². The number of nitrogens with zero attached hydrogens (tertiary/aromatic N) is 1. The first-order valence-corrected chi connectivity index (χ1v) is 6.30. The van der Waals surface area contributed by atoms with Crippen molar-refractivity contribution in [1.82, 2.24) is 4.90 Å². The van der Waals surface area contributed by atoms with E-state index in [0.717, 1.165) is 0 Å². The molecule has 14 heavy (non-hydrogen) atoms. The largest absolute Gasteiger partial charge is 0.337 e. The summed E-state index contributed by atoms with van der Waals surface area (Å²) >= 11 is 0. The van der Waals surface area contributed by atoms with Crippen LogP contribution in [0.3, 0.4) is 0 Å². The SMILES string of the molecule is CC(C)N(C(=O)CP(=O)(O)O)C(C)C. The van der Waals surface area contributed by atoms with Crippen molar-refractivity contribution in [3.8, 4) is 0 Å². The summed E-state index contributed by atoms with van der Waals surface area (Å²) in [5.74, 6) is -0.497. The molecule has 6 heteroatoms. The van der Waals surface area contributed by atoms with Crippen molar-refractivity contribution in [3.63, 3.8) is 0 Å². The Morgan fingerprint density at radius 2 is 1.57 bits per heavy atom. The maximum Gasteiger partial charge on any atom is 0.334 e. The molecule has 0 bridgehead atoms. The molecule has 1 amide bonds. The normalized spacial score (nSPS) is 12.3. The number of carbonyl (C=O) groups excluding carboxylic acids is 1. The average molecular weight is 223 g/mol. The first-order chi connectivity index (χ1) is 6.15. The van der Waals surface area contributed by atoms with Crippen LogP contribution in [0.1, 0.15) is 27.7 Å². The van der Waals surface area contributed by atoms with E-state index >= 15 is 0 Å². The van der Waals surface area contributed by atoms with Crippen LogP contribution in [0.4, 0.5) is 0 Å². The van der Waals surface area contributed by atoms with Crippen LogP contribution >= 0.6 is 7.60 Å². The Balaban J connectivity index is 4.55. The lowest BCUT2D eigenvalue weighted by Crippen LogP contribution is -2.43. The summed E-state index contributed by atoms with van der Waals surface area (Å²) in [5, 5.41) is 0. The topological polar surface area (TPSA) is 77.8 Å². The van der Waals surface area contributed by atoms with E-state index in [0.29, 0.717) is 0 Å². The Hall–Kier alpha value is -0.380. The molecule has 0 aromatic rings. The van der Waals surface area contributed by atoms with Gasteiger partial charge in [-0.15, -0.1) is 0 Å². The van der Waals surface area contributed by atoms with Gasteiger partial charge in [-0.3, -0.25) is 9.36 Å². The van der Waals surface area contributed by atoms with Gasteiger partial charge in [0.2, 0.25) is 5.91 Å². The van der Waals surface area contributed by atoms with E-state index in [1.807, 2.05) is 27.7 Å². The van der Waals surface area contributed by atoms with Crippen LogP contribution in [0, 0.1) is 0 Å². The van der Waals surface area contributed by atoms with E-state index in [-0.39, 0.29) is 12.1 Å². The van der Waals surface area contributed by atoms with Gasteiger partial charge in [0.15, 0.2) is 0 Å². The first-order valence-electron chi connectivity index (χ1n) is 4.51. The van der Waals surface area contributed by atoms with Gasteiger partial charge in [-0.1, -0.05) is 0 Å². The number of amides is 1.